The first kappa shape index (κ1) is 12.4. The zero-order valence-corrected chi connectivity index (χ0v) is 8.94. The van der Waals surface area contributed by atoms with Crippen molar-refractivity contribution in [2.24, 2.45) is 0 Å². The van der Waals surface area contributed by atoms with E-state index in [0.717, 1.165) is 16.9 Å². The molecule has 0 N–H and O–H groups in total. The van der Waals surface area contributed by atoms with Crippen LogP contribution in [0.2, 0.25) is 0 Å². The minimum atomic E-state index is -3.34. The van der Waals surface area contributed by atoms with E-state index in [1.165, 1.54) is 6.92 Å². The van der Waals surface area contributed by atoms with Crippen LogP contribution in [-0.2, 0) is 19.7 Å². The first-order valence-corrected chi connectivity index (χ1v) is 7.00. The summed E-state index contributed by atoms with van der Waals surface area (Å²) in [7, 11) is -6.57. The van der Waals surface area contributed by atoms with E-state index in [1.807, 2.05) is 0 Å². The van der Waals surface area contributed by atoms with Crippen molar-refractivity contribution in [2.75, 3.05) is 11.5 Å². The fourth-order valence-corrected chi connectivity index (χ4v) is 1.69. The third kappa shape index (κ3) is 5.59. The lowest BCUT2D eigenvalue weighted by atomic mass is 10.8. The summed E-state index contributed by atoms with van der Waals surface area (Å²) in [5.74, 6) is -0.354. The molecule has 0 rings (SSSR count). The Bertz CT molecular complexity index is 386. The van der Waals surface area contributed by atoms with Crippen LogP contribution in [-0.4, -0.2) is 28.3 Å². The van der Waals surface area contributed by atoms with Crippen LogP contribution in [0.4, 0.5) is 0 Å². The predicted molar refractivity (Wildman–Crippen MR) is 52.6 cm³/mol. The Morgan fingerprint density at radius 1 is 1.15 bits per heavy atom. The number of rotatable bonds is 5. The molecule has 0 aromatic carbocycles. The Hall–Kier alpha value is -0.620. The van der Waals surface area contributed by atoms with E-state index >= 15 is 0 Å². The summed E-state index contributed by atoms with van der Waals surface area (Å²) >= 11 is 0. The maximum absolute atomic E-state index is 10.9. The summed E-state index contributed by atoms with van der Waals surface area (Å²) in [6.07, 6.45) is 1.11. The quantitative estimate of drug-likeness (QED) is 0.681. The summed E-state index contributed by atoms with van der Waals surface area (Å²) in [5.41, 5.74) is 0. The molecule has 0 aromatic heterocycles. The number of hydrogen-bond donors (Lipinski definition) is 0. The van der Waals surface area contributed by atoms with Gasteiger partial charge in [0, 0.05) is 10.8 Å². The summed E-state index contributed by atoms with van der Waals surface area (Å²) in [6.45, 7) is 4.58. The average Bonchev–Trinajstić information content (AvgIpc) is 2.04. The zero-order chi connectivity index (χ0) is 10.5. The van der Waals surface area contributed by atoms with Gasteiger partial charge in [-0.15, -0.1) is 0 Å². The van der Waals surface area contributed by atoms with E-state index in [1.54, 1.807) is 0 Å². The van der Waals surface area contributed by atoms with E-state index < -0.39 is 19.7 Å². The molecule has 0 aliphatic heterocycles. The van der Waals surface area contributed by atoms with Crippen LogP contribution >= 0.6 is 0 Å². The average molecular weight is 224 g/mol. The molecule has 0 heterocycles. The maximum atomic E-state index is 10.9. The van der Waals surface area contributed by atoms with Gasteiger partial charge in [-0.1, -0.05) is 19.6 Å². The van der Waals surface area contributed by atoms with Crippen LogP contribution in [0.1, 0.15) is 6.92 Å². The summed E-state index contributed by atoms with van der Waals surface area (Å²) in [4.78, 5) is 0. The molecular formula is C7H12O4S2. The lowest BCUT2D eigenvalue weighted by Crippen LogP contribution is -2.01. The molecule has 76 valence electrons. The third-order valence-electron chi connectivity index (χ3n) is 1.29. The Morgan fingerprint density at radius 2 is 1.69 bits per heavy atom. The van der Waals surface area contributed by atoms with Gasteiger partial charge in [0.1, 0.15) is 0 Å². The number of hydrogen-bond acceptors (Lipinski definition) is 4. The molecule has 0 saturated carbocycles. The van der Waals surface area contributed by atoms with E-state index in [9.17, 15) is 16.8 Å². The molecule has 6 heteroatoms. The Morgan fingerprint density at radius 3 is 2.08 bits per heavy atom. The van der Waals surface area contributed by atoms with Crippen molar-refractivity contribution in [2.45, 2.75) is 6.92 Å². The van der Waals surface area contributed by atoms with E-state index in [2.05, 4.69) is 6.58 Å². The van der Waals surface area contributed by atoms with Gasteiger partial charge in [0.15, 0.2) is 19.7 Å². The van der Waals surface area contributed by atoms with Crippen LogP contribution in [0, 0.1) is 0 Å². The summed E-state index contributed by atoms with van der Waals surface area (Å²) in [5, 5.41) is 1.71. The molecule has 13 heavy (non-hydrogen) atoms. The van der Waals surface area contributed by atoms with Gasteiger partial charge < -0.3 is 0 Å². The fraction of sp³-hybridized carbons (Fsp3) is 0.429. The predicted octanol–water partition coefficient (Wildman–Crippen LogP) is 0.493. The second-order valence-electron chi connectivity index (χ2n) is 2.32. The Kier molecular flexibility index (Phi) is 4.35. The van der Waals surface area contributed by atoms with Crippen molar-refractivity contribution in [1.29, 1.82) is 0 Å². The minimum Gasteiger partial charge on any atom is -0.224 e. The second kappa shape index (κ2) is 4.57. The minimum absolute atomic E-state index is 0.0301. The molecule has 0 unspecified atom stereocenters. The number of sulfone groups is 2. The largest absolute Gasteiger partial charge is 0.224 e. The highest BCUT2D eigenvalue weighted by atomic mass is 32.2. The van der Waals surface area contributed by atoms with E-state index in [0.29, 0.717) is 0 Å². The molecule has 0 saturated heterocycles. The molecule has 0 aliphatic rings. The lowest BCUT2D eigenvalue weighted by Gasteiger charge is -1.92. The van der Waals surface area contributed by atoms with Crippen molar-refractivity contribution >= 4 is 19.7 Å². The van der Waals surface area contributed by atoms with Gasteiger partial charge in [-0.3, -0.25) is 0 Å². The highest BCUT2D eigenvalue weighted by molar-refractivity contribution is 7.95. The van der Waals surface area contributed by atoms with Crippen LogP contribution in [0.3, 0.4) is 0 Å². The molecule has 0 fully saturated rings. The molecule has 0 atom stereocenters. The van der Waals surface area contributed by atoms with Gasteiger partial charge in [-0.25, -0.2) is 16.8 Å². The van der Waals surface area contributed by atoms with Crippen molar-refractivity contribution in [3.63, 3.8) is 0 Å². The van der Waals surface area contributed by atoms with Crippen LogP contribution in [0.25, 0.3) is 0 Å². The third-order valence-corrected chi connectivity index (χ3v) is 3.87. The Balaban J connectivity index is 4.44. The molecular weight excluding hydrogens is 212 g/mol. The van der Waals surface area contributed by atoms with Crippen LogP contribution < -0.4 is 0 Å². The molecule has 0 amide bonds. The molecule has 0 spiro atoms. The highest BCUT2D eigenvalue weighted by Gasteiger charge is 2.03. The normalized spacial score (nSPS) is 13.3. The second-order valence-corrected chi connectivity index (χ2v) is 6.49. The molecule has 0 aliphatic carbocycles. The van der Waals surface area contributed by atoms with Crippen molar-refractivity contribution in [1.82, 2.24) is 0 Å². The van der Waals surface area contributed by atoms with E-state index in [-0.39, 0.29) is 11.5 Å². The SMILES string of the molecule is C=CS(=O)(=O)C/C=C/S(=O)(=O)CC. The Labute approximate surface area is 78.8 Å². The first-order chi connectivity index (χ1) is 5.83. The summed E-state index contributed by atoms with van der Waals surface area (Å²) < 4.78 is 43.4. The van der Waals surface area contributed by atoms with Gasteiger partial charge in [0.05, 0.1) is 11.5 Å². The van der Waals surface area contributed by atoms with Crippen molar-refractivity contribution in [3.05, 3.63) is 23.5 Å². The monoisotopic (exact) mass is 224 g/mol. The van der Waals surface area contributed by atoms with Gasteiger partial charge in [0.25, 0.3) is 0 Å². The van der Waals surface area contributed by atoms with Crippen LogP contribution in [0.5, 0.6) is 0 Å². The summed E-state index contributed by atoms with van der Waals surface area (Å²) in [6, 6.07) is 0. The van der Waals surface area contributed by atoms with E-state index in [4.69, 9.17) is 0 Å². The topological polar surface area (TPSA) is 68.3 Å². The first-order valence-electron chi connectivity index (χ1n) is 3.57. The van der Waals surface area contributed by atoms with Crippen LogP contribution in [0.15, 0.2) is 23.5 Å². The molecule has 0 aromatic rings. The molecule has 4 nitrogen and oxygen atoms in total. The van der Waals surface area contributed by atoms with Crippen molar-refractivity contribution < 1.29 is 16.8 Å². The molecule has 0 bridgehead atoms. The molecule has 0 radical (unpaired) electrons. The maximum Gasteiger partial charge on any atom is 0.174 e. The van der Waals surface area contributed by atoms with Gasteiger partial charge in [-0.05, 0) is 0 Å². The lowest BCUT2D eigenvalue weighted by molar-refractivity contribution is 0.605. The van der Waals surface area contributed by atoms with Gasteiger partial charge >= 0.3 is 0 Å². The standard InChI is InChI=1S/C7H12O4S2/c1-3-12(8,9)6-5-7-13(10,11)4-2/h3,5,7H,1,4,6H2,2H3/b7-5+. The fourth-order valence-electron chi connectivity index (χ4n) is 0.484. The zero-order valence-electron chi connectivity index (χ0n) is 7.30. The van der Waals surface area contributed by atoms with Crippen molar-refractivity contribution in [3.8, 4) is 0 Å². The van der Waals surface area contributed by atoms with Gasteiger partial charge in [0.2, 0.25) is 0 Å². The highest BCUT2D eigenvalue weighted by Crippen LogP contribution is 1.95. The van der Waals surface area contributed by atoms with Gasteiger partial charge in [-0.2, -0.15) is 0 Å². The smallest absolute Gasteiger partial charge is 0.174 e.